The van der Waals surface area contributed by atoms with Crippen LogP contribution in [0.5, 0.6) is 0 Å². The summed E-state index contributed by atoms with van der Waals surface area (Å²) in [5.41, 5.74) is -0.0468. The summed E-state index contributed by atoms with van der Waals surface area (Å²) in [6.07, 6.45) is 1.45. The lowest BCUT2D eigenvalue weighted by molar-refractivity contribution is -0.127. The van der Waals surface area contributed by atoms with Crippen LogP contribution in [-0.2, 0) is 4.74 Å². The zero-order valence-electron chi connectivity index (χ0n) is 10.4. The van der Waals surface area contributed by atoms with Crippen molar-refractivity contribution in [2.45, 2.75) is 45.8 Å². The van der Waals surface area contributed by atoms with E-state index in [1.54, 1.807) is 0 Å². The molecule has 90 valence electrons. The molecule has 1 heterocycles. The van der Waals surface area contributed by atoms with Gasteiger partial charge in [-0.05, 0) is 32.7 Å². The first-order chi connectivity index (χ1) is 6.93. The molecule has 1 rings (SSSR count). The summed E-state index contributed by atoms with van der Waals surface area (Å²) in [6, 6.07) is 0. The number of hydrogen-bond donors (Lipinski definition) is 0. The molecule has 0 bridgehead atoms. The van der Waals surface area contributed by atoms with Crippen molar-refractivity contribution in [1.29, 1.82) is 0 Å². The number of hydrogen-bond acceptors (Lipinski definition) is 2. The molecule has 0 saturated carbocycles. The number of ether oxygens (including phenoxy) is 1. The Hall–Kier alpha value is 0.210. The van der Waals surface area contributed by atoms with Gasteiger partial charge in [0.2, 0.25) is 0 Å². The third kappa shape index (κ3) is 4.71. The maximum Gasteiger partial charge on any atom is 0.0844 e. The molecular formula is C12H24ClNO. The van der Waals surface area contributed by atoms with E-state index >= 15 is 0 Å². The molecule has 3 heteroatoms. The fraction of sp³-hybridized carbons (Fsp3) is 1.00. The van der Waals surface area contributed by atoms with E-state index in [0.29, 0.717) is 5.88 Å². The second-order valence-electron chi connectivity index (χ2n) is 5.57. The Kier molecular flexibility index (Phi) is 4.88. The third-order valence-electron chi connectivity index (χ3n) is 2.75. The summed E-state index contributed by atoms with van der Waals surface area (Å²) in [7, 11) is 0. The second kappa shape index (κ2) is 5.51. The molecule has 0 aliphatic carbocycles. The van der Waals surface area contributed by atoms with Crippen LogP contribution >= 0.6 is 11.6 Å². The predicted molar refractivity (Wildman–Crippen MR) is 65.6 cm³/mol. The van der Waals surface area contributed by atoms with E-state index in [1.807, 2.05) is 0 Å². The van der Waals surface area contributed by atoms with Crippen molar-refractivity contribution in [1.82, 2.24) is 4.90 Å². The van der Waals surface area contributed by atoms with E-state index < -0.39 is 0 Å². The summed E-state index contributed by atoms with van der Waals surface area (Å²) in [6.45, 7) is 12.0. The molecular weight excluding hydrogens is 210 g/mol. The first kappa shape index (κ1) is 13.3. The largest absolute Gasteiger partial charge is 0.368 e. The minimum Gasteiger partial charge on any atom is -0.368 e. The fourth-order valence-electron chi connectivity index (χ4n) is 2.11. The van der Waals surface area contributed by atoms with E-state index in [0.717, 1.165) is 25.6 Å². The van der Waals surface area contributed by atoms with Crippen LogP contribution in [0.25, 0.3) is 0 Å². The lowest BCUT2D eigenvalue weighted by Crippen LogP contribution is -2.53. The van der Waals surface area contributed by atoms with Crippen LogP contribution in [0, 0.1) is 5.92 Å². The monoisotopic (exact) mass is 233 g/mol. The summed E-state index contributed by atoms with van der Waals surface area (Å²) >= 11 is 5.88. The summed E-state index contributed by atoms with van der Waals surface area (Å²) in [5, 5.41) is 0. The second-order valence-corrected chi connectivity index (χ2v) is 5.88. The summed E-state index contributed by atoms with van der Waals surface area (Å²) < 4.78 is 5.89. The summed E-state index contributed by atoms with van der Waals surface area (Å²) in [5.74, 6) is 1.37. The molecule has 0 radical (unpaired) electrons. The molecule has 2 nitrogen and oxygen atoms in total. The van der Waals surface area contributed by atoms with Gasteiger partial charge < -0.3 is 4.74 Å². The van der Waals surface area contributed by atoms with Gasteiger partial charge in [-0.2, -0.15) is 0 Å². The van der Waals surface area contributed by atoms with Crippen molar-refractivity contribution < 1.29 is 4.74 Å². The molecule has 0 aromatic carbocycles. The van der Waals surface area contributed by atoms with Gasteiger partial charge in [0.1, 0.15) is 0 Å². The van der Waals surface area contributed by atoms with Gasteiger partial charge in [0, 0.05) is 19.0 Å². The highest BCUT2D eigenvalue weighted by Gasteiger charge is 2.32. The van der Waals surface area contributed by atoms with Crippen LogP contribution in [0.1, 0.15) is 34.1 Å². The molecule has 1 atom stereocenters. The molecule has 1 fully saturated rings. The Balaban J connectivity index is 2.43. The van der Waals surface area contributed by atoms with Crippen LogP contribution < -0.4 is 0 Å². The minimum absolute atomic E-state index is 0.0468. The van der Waals surface area contributed by atoms with Crippen LogP contribution in [-0.4, -0.2) is 42.1 Å². The molecule has 0 aromatic rings. The molecule has 1 aliphatic rings. The lowest BCUT2D eigenvalue weighted by Gasteiger charge is -2.42. The predicted octanol–water partition coefficient (Wildman–Crippen LogP) is 2.75. The van der Waals surface area contributed by atoms with Gasteiger partial charge in [-0.1, -0.05) is 13.8 Å². The fourth-order valence-corrected chi connectivity index (χ4v) is 2.27. The molecule has 1 saturated heterocycles. The van der Waals surface area contributed by atoms with Gasteiger partial charge in [-0.25, -0.2) is 0 Å². The molecule has 0 spiro atoms. The Morgan fingerprint density at radius 1 is 1.47 bits per heavy atom. The standard InChI is InChI=1S/C12H24ClNO/c1-10(2)5-6-14-8-11(7-13)15-12(3,4)9-14/h10-11H,5-9H2,1-4H3. The quantitative estimate of drug-likeness (QED) is 0.693. The SMILES string of the molecule is CC(C)CCN1CC(CCl)OC(C)(C)C1. The van der Waals surface area contributed by atoms with Gasteiger partial charge in [-0.15, -0.1) is 11.6 Å². The number of morpholine rings is 1. The van der Waals surface area contributed by atoms with Gasteiger partial charge >= 0.3 is 0 Å². The normalized spacial score (nSPS) is 27.2. The third-order valence-corrected chi connectivity index (χ3v) is 3.09. The van der Waals surface area contributed by atoms with Gasteiger partial charge in [0.25, 0.3) is 0 Å². The smallest absolute Gasteiger partial charge is 0.0844 e. The highest BCUT2D eigenvalue weighted by Crippen LogP contribution is 2.22. The zero-order valence-corrected chi connectivity index (χ0v) is 11.2. The zero-order chi connectivity index (χ0) is 11.5. The molecule has 0 amide bonds. The van der Waals surface area contributed by atoms with Crippen LogP contribution in [0.15, 0.2) is 0 Å². The minimum atomic E-state index is -0.0468. The van der Waals surface area contributed by atoms with E-state index in [1.165, 1.54) is 6.42 Å². The van der Waals surface area contributed by atoms with E-state index in [-0.39, 0.29) is 11.7 Å². The lowest BCUT2D eigenvalue weighted by atomic mass is 10.0. The summed E-state index contributed by atoms with van der Waals surface area (Å²) in [4.78, 5) is 2.48. The van der Waals surface area contributed by atoms with E-state index in [2.05, 4.69) is 32.6 Å². The van der Waals surface area contributed by atoms with Crippen LogP contribution in [0.2, 0.25) is 0 Å². The van der Waals surface area contributed by atoms with Crippen molar-refractivity contribution in [2.75, 3.05) is 25.5 Å². The van der Waals surface area contributed by atoms with Gasteiger partial charge in [0.05, 0.1) is 11.7 Å². The first-order valence-corrected chi connectivity index (χ1v) is 6.42. The van der Waals surface area contributed by atoms with Crippen molar-refractivity contribution in [2.24, 2.45) is 5.92 Å². The Morgan fingerprint density at radius 2 is 2.13 bits per heavy atom. The highest BCUT2D eigenvalue weighted by molar-refractivity contribution is 6.18. The number of rotatable bonds is 4. The van der Waals surface area contributed by atoms with Crippen LogP contribution in [0.4, 0.5) is 0 Å². The van der Waals surface area contributed by atoms with Crippen LogP contribution in [0.3, 0.4) is 0 Å². The average molecular weight is 234 g/mol. The van der Waals surface area contributed by atoms with Crippen molar-refractivity contribution >= 4 is 11.6 Å². The Morgan fingerprint density at radius 3 is 2.67 bits per heavy atom. The molecule has 0 aromatic heterocycles. The highest BCUT2D eigenvalue weighted by atomic mass is 35.5. The number of nitrogens with zero attached hydrogens (tertiary/aromatic N) is 1. The molecule has 0 N–H and O–H groups in total. The Bertz CT molecular complexity index is 194. The van der Waals surface area contributed by atoms with Gasteiger partial charge in [0.15, 0.2) is 0 Å². The topological polar surface area (TPSA) is 12.5 Å². The molecule has 1 aliphatic heterocycles. The van der Waals surface area contributed by atoms with Crippen molar-refractivity contribution in [3.05, 3.63) is 0 Å². The first-order valence-electron chi connectivity index (χ1n) is 5.89. The molecule has 15 heavy (non-hydrogen) atoms. The van der Waals surface area contributed by atoms with E-state index in [4.69, 9.17) is 16.3 Å². The maximum absolute atomic E-state index is 5.89. The number of alkyl halides is 1. The Labute approximate surface area is 98.9 Å². The molecule has 1 unspecified atom stereocenters. The number of halogens is 1. The maximum atomic E-state index is 5.89. The average Bonchev–Trinajstić information content (AvgIpc) is 2.12. The van der Waals surface area contributed by atoms with Crippen molar-refractivity contribution in [3.63, 3.8) is 0 Å². The van der Waals surface area contributed by atoms with Crippen molar-refractivity contribution in [3.8, 4) is 0 Å². The van der Waals surface area contributed by atoms with E-state index in [9.17, 15) is 0 Å². The van der Waals surface area contributed by atoms with Gasteiger partial charge in [-0.3, -0.25) is 4.90 Å².